The third-order valence-electron chi connectivity index (χ3n) is 5.43. The SMILES string of the molecule is Cc1cc(C)c2c(c1)C(NC(=O)C1CC(=O)N(c3ccc(Cl)cc3)C1)CCO2. The first-order valence-electron chi connectivity index (χ1n) is 9.52. The molecule has 2 unspecified atom stereocenters. The molecule has 1 N–H and O–H groups in total. The van der Waals surface area contributed by atoms with Gasteiger partial charge in [-0.05, 0) is 43.7 Å². The summed E-state index contributed by atoms with van der Waals surface area (Å²) >= 11 is 5.93. The average molecular weight is 399 g/mol. The number of hydrogen-bond acceptors (Lipinski definition) is 3. The topological polar surface area (TPSA) is 58.6 Å². The fourth-order valence-electron chi connectivity index (χ4n) is 4.07. The van der Waals surface area contributed by atoms with Crippen molar-refractivity contribution in [3.05, 3.63) is 58.1 Å². The lowest BCUT2D eigenvalue weighted by Crippen LogP contribution is -2.37. The molecule has 0 aromatic heterocycles. The Morgan fingerprint density at radius 3 is 2.71 bits per heavy atom. The van der Waals surface area contributed by atoms with Gasteiger partial charge in [0.15, 0.2) is 0 Å². The van der Waals surface area contributed by atoms with Crippen LogP contribution in [-0.4, -0.2) is 25.0 Å². The molecule has 1 fully saturated rings. The van der Waals surface area contributed by atoms with Gasteiger partial charge in [-0.1, -0.05) is 29.3 Å². The highest BCUT2D eigenvalue weighted by Crippen LogP contribution is 2.36. The van der Waals surface area contributed by atoms with Gasteiger partial charge in [-0.15, -0.1) is 0 Å². The van der Waals surface area contributed by atoms with Crippen LogP contribution in [0.3, 0.4) is 0 Å². The van der Waals surface area contributed by atoms with Gasteiger partial charge in [-0.3, -0.25) is 9.59 Å². The van der Waals surface area contributed by atoms with E-state index in [4.69, 9.17) is 16.3 Å². The summed E-state index contributed by atoms with van der Waals surface area (Å²) in [5.41, 5.74) is 4.02. The van der Waals surface area contributed by atoms with Crippen LogP contribution < -0.4 is 15.0 Å². The second-order valence-electron chi connectivity index (χ2n) is 7.58. The zero-order chi connectivity index (χ0) is 19.8. The summed E-state index contributed by atoms with van der Waals surface area (Å²) in [7, 11) is 0. The summed E-state index contributed by atoms with van der Waals surface area (Å²) in [4.78, 5) is 27.0. The molecule has 2 heterocycles. The third kappa shape index (κ3) is 3.59. The number of anilines is 1. The molecule has 2 aromatic rings. The number of halogens is 1. The maximum absolute atomic E-state index is 12.9. The number of amides is 2. The lowest BCUT2D eigenvalue weighted by molar-refractivity contribution is -0.127. The molecule has 2 amide bonds. The van der Waals surface area contributed by atoms with E-state index in [-0.39, 0.29) is 30.2 Å². The van der Waals surface area contributed by atoms with Crippen molar-refractivity contribution in [2.75, 3.05) is 18.1 Å². The van der Waals surface area contributed by atoms with E-state index in [1.54, 1.807) is 29.2 Å². The molecule has 0 aliphatic carbocycles. The number of benzene rings is 2. The molecule has 0 bridgehead atoms. The van der Waals surface area contributed by atoms with Crippen molar-refractivity contribution in [2.24, 2.45) is 5.92 Å². The molecule has 0 spiro atoms. The van der Waals surface area contributed by atoms with Gasteiger partial charge in [0.05, 0.1) is 18.6 Å². The van der Waals surface area contributed by atoms with E-state index >= 15 is 0 Å². The lowest BCUT2D eigenvalue weighted by atomic mass is 9.95. The molecule has 2 atom stereocenters. The second kappa shape index (κ2) is 7.47. The normalized spacial score (nSPS) is 21.2. The summed E-state index contributed by atoms with van der Waals surface area (Å²) < 4.78 is 5.82. The van der Waals surface area contributed by atoms with Crippen LogP contribution in [0.15, 0.2) is 36.4 Å². The average Bonchev–Trinajstić information content (AvgIpc) is 3.05. The van der Waals surface area contributed by atoms with Gasteiger partial charge in [0.2, 0.25) is 11.8 Å². The van der Waals surface area contributed by atoms with E-state index in [2.05, 4.69) is 17.4 Å². The van der Waals surface area contributed by atoms with Gasteiger partial charge in [0, 0.05) is 35.7 Å². The zero-order valence-corrected chi connectivity index (χ0v) is 16.8. The van der Waals surface area contributed by atoms with Gasteiger partial charge in [-0.25, -0.2) is 0 Å². The summed E-state index contributed by atoms with van der Waals surface area (Å²) in [6, 6.07) is 11.2. The maximum atomic E-state index is 12.9. The van der Waals surface area contributed by atoms with Crippen molar-refractivity contribution in [2.45, 2.75) is 32.7 Å². The van der Waals surface area contributed by atoms with E-state index in [0.29, 0.717) is 18.2 Å². The first-order chi connectivity index (χ1) is 13.4. The van der Waals surface area contributed by atoms with E-state index in [1.165, 1.54) is 0 Å². The number of aryl methyl sites for hydroxylation is 2. The number of ether oxygens (including phenoxy) is 1. The van der Waals surface area contributed by atoms with Crippen molar-refractivity contribution in [1.82, 2.24) is 5.32 Å². The Kier molecular flexibility index (Phi) is 5.02. The van der Waals surface area contributed by atoms with Crippen LogP contribution in [0.25, 0.3) is 0 Å². The van der Waals surface area contributed by atoms with E-state index in [1.807, 2.05) is 13.8 Å². The second-order valence-corrected chi connectivity index (χ2v) is 8.02. The van der Waals surface area contributed by atoms with Crippen LogP contribution in [0.4, 0.5) is 5.69 Å². The van der Waals surface area contributed by atoms with Crippen molar-refractivity contribution in [3.63, 3.8) is 0 Å². The molecule has 0 radical (unpaired) electrons. The highest BCUT2D eigenvalue weighted by Gasteiger charge is 2.36. The molecule has 4 rings (SSSR count). The Balaban J connectivity index is 1.48. The Morgan fingerprint density at radius 1 is 1.21 bits per heavy atom. The van der Waals surface area contributed by atoms with Crippen molar-refractivity contribution >= 4 is 29.1 Å². The molecule has 6 heteroatoms. The Hall–Kier alpha value is -2.53. The maximum Gasteiger partial charge on any atom is 0.227 e. The molecule has 146 valence electrons. The molecule has 28 heavy (non-hydrogen) atoms. The van der Waals surface area contributed by atoms with E-state index in [0.717, 1.165) is 34.5 Å². The molecule has 2 aliphatic heterocycles. The Morgan fingerprint density at radius 2 is 1.96 bits per heavy atom. The molecule has 1 saturated heterocycles. The first kappa shape index (κ1) is 18.8. The fourth-order valence-corrected chi connectivity index (χ4v) is 4.20. The standard InChI is InChI=1S/C22H23ClN2O3/c1-13-9-14(2)21-18(10-13)19(7-8-28-21)24-22(27)15-11-20(26)25(12-15)17-5-3-16(23)4-6-17/h3-6,9-10,15,19H,7-8,11-12H2,1-2H3,(H,24,27). The van der Waals surface area contributed by atoms with Gasteiger partial charge in [0.1, 0.15) is 5.75 Å². The largest absolute Gasteiger partial charge is 0.493 e. The number of nitrogens with one attached hydrogen (secondary N) is 1. The van der Waals surface area contributed by atoms with Gasteiger partial charge >= 0.3 is 0 Å². The number of rotatable bonds is 3. The van der Waals surface area contributed by atoms with E-state index in [9.17, 15) is 9.59 Å². The highest BCUT2D eigenvalue weighted by molar-refractivity contribution is 6.30. The summed E-state index contributed by atoms with van der Waals surface area (Å²) in [5.74, 6) is 0.385. The lowest BCUT2D eigenvalue weighted by Gasteiger charge is -2.29. The number of fused-ring (bicyclic) bond motifs is 1. The van der Waals surface area contributed by atoms with Crippen LogP contribution in [-0.2, 0) is 9.59 Å². The fraction of sp³-hybridized carbons (Fsp3) is 0.364. The number of carbonyl (C=O) groups is 2. The zero-order valence-electron chi connectivity index (χ0n) is 16.0. The number of hydrogen-bond donors (Lipinski definition) is 1. The Bertz CT molecular complexity index is 926. The quantitative estimate of drug-likeness (QED) is 0.851. The van der Waals surface area contributed by atoms with E-state index < -0.39 is 0 Å². The van der Waals surface area contributed by atoms with Crippen molar-refractivity contribution < 1.29 is 14.3 Å². The van der Waals surface area contributed by atoms with Gasteiger partial charge < -0.3 is 15.0 Å². The number of nitrogens with zero attached hydrogens (tertiary/aromatic N) is 1. The first-order valence-corrected chi connectivity index (χ1v) is 9.90. The van der Waals surface area contributed by atoms with Gasteiger partial charge in [0.25, 0.3) is 0 Å². The molecular formula is C22H23ClN2O3. The minimum Gasteiger partial charge on any atom is -0.493 e. The summed E-state index contributed by atoms with van der Waals surface area (Å²) in [5, 5.41) is 3.77. The van der Waals surface area contributed by atoms with Crippen LogP contribution in [0.2, 0.25) is 5.02 Å². The molecular weight excluding hydrogens is 376 g/mol. The molecule has 2 aliphatic rings. The predicted molar refractivity (Wildman–Crippen MR) is 109 cm³/mol. The van der Waals surface area contributed by atoms with Crippen molar-refractivity contribution in [1.29, 1.82) is 0 Å². The number of carbonyl (C=O) groups excluding carboxylic acids is 2. The molecule has 5 nitrogen and oxygen atoms in total. The summed E-state index contributed by atoms with van der Waals surface area (Å²) in [6.45, 7) is 5.02. The molecule has 0 saturated carbocycles. The molecule has 2 aromatic carbocycles. The minimum atomic E-state index is -0.361. The smallest absolute Gasteiger partial charge is 0.227 e. The highest BCUT2D eigenvalue weighted by atomic mass is 35.5. The predicted octanol–water partition coefficient (Wildman–Crippen LogP) is 3.95. The van der Waals surface area contributed by atoms with Crippen molar-refractivity contribution in [3.8, 4) is 5.75 Å². The Labute approximate surface area is 169 Å². The minimum absolute atomic E-state index is 0.0402. The third-order valence-corrected chi connectivity index (χ3v) is 5.68. The summed E-state index contributed by atoms with van der Waals surface area (Å²) in [6.07, 6.45) is 0.945. The van der Waals surface area contributed by atoms with Crippen LogP contribution in [0.5, 0.6) is 5.75 Å². The van der Waals surface area contributed by atoms with Crippen LogP contribution in [0, 0.1) is 19.8 Å². The van der Waals surface area contributed by atoms with Crippen LogP contribution >= 0.6 is 11.6 Å². The van der Waals surface area contributed by atoms with Gasteiger partial charge in [-0.2, -0.15) is 0 Å². The monoisotopic (exact) mass is 398 g/mol. The van der Waals surface area contributed by atoms with Crippen LogP contribution in [0.1, 0.15) is 35.6 Å².